The molecule has 0 aromatic carbocycles. The molecule has 1 aromatic rings. The predicted molar refractivity (Wildman–Crippen MR) is 89.8 cm³/mol. The number of thiophene rings is 1. The Morgan fingerprint density at radius 3 is 2.65 bits per heavy atom. The molecule has 2 N–H and O–H groups in total. The molecule has 1 heterocycles. The first-order valence-electron chi connectivity index (χ1n) is 7.38. The van der Waals surface area contributed by atoms with Crippen molar-refractivity contribution < 1.29 is 0 Å². The smallest absolute Gasteiger partial charge is 0.191 e. The molecule has 0 aliphatic carbocycles. The SMILES string of the molecule is CCN(CCNC(=NC)NCCc1cccs1)C(C)C. The van der Waals surface area contributed by atoms with Gasteiger partial charge in [-0.2, -0.15) is 0 Å². The van der Waals surface area contributed by atoms with Gasteiger partial charge in [0.05, 0.1) is 0 Å². The molecule has 0 bridgehead atoms. The molecule has 0 aliphatic rings. The van der Waals surface area contributed by atoms with Crippen molar-refractivity contribution in [3.8, 4) is 0 Å². The van der Waals surface area contributed by atoms with Crippen LogP contribution in [0.25, 0.3) is 0 Å². The van der Waals surface area contributed by atoms with Gasteiger partial charge in [0.1, 0.15) is 0 Å². The maximum Gasteiger partial charge on any atom is 0.191 e. The van der Waals surface area contributed by atoms with Crippen LogP contribution in [0.3, 0.4) is 0 Å². The summed E-state index contributed by atoms with van der Waals surface area (Å²) in [4.78, 5) is 8.10. The lowest BCUT2D eigenvalue weighted by atomic mass is 10.3. The molecule has 0 amide bonds. The average Bonchev–Trinajstić information content (AvgIpc) is 2.94. The van der Waals surface area contributed by atoms with Crippen molar-refractivity contribution >= 4 is 17.3 Å². The molecule has 4 nitrogen and oxygen atoms in total. The lowest BCUT2D eigenvalue weighted by Crippen LogP contribution is -2.43. The quantitative estimate of drug-likeness (QED) is 0.570. The summed E-state index contributed by atoms with van der Waals surface area (Å²) in [6.07, 6.45) is 1.05. The van der Waals surface area contributed by atoms with Gasteiger partial charge >= 0.3 is 0 Å². The topological polar surface area (TPSA) is 39.7 Å². The van der Waals surface area contributed by atoms with Gasteiger partial charge in [0.15, 0.2) is 5.96 Å². The number of hydrogen-bond acceptors (Lipinski definition) is 3. The van der Waals surface area contributed by atoms with Crippen molar-refractivity contribution in [2.24, 2.45) is 4.99 Å². The highest BCUT2D eigenvalue weighted by molar-refractivity contribution is 7.09. The number of nitrogens with one attached hydrogen (secondary N) is 2. The van der Waals surface area contributed by atoms with E-state index in [-0.39, 0.29) is 0 Å². The van der Waals surface area contributed by atoms with Crippen molar-refractivity contribution in [1.29, 1.82) is 0 Å². The fourth-order valence-electron chi connectivity index (χ4n) is 2.08. The van der Waals surface area contributed by atoms with E-state index in [4.69, 9.17) is 0 Å². The monoisotopic (exact) mass is 296 g/mol. The van der Waals surface area contributed by atoms with E-state index >= 15 is 0 Å². The van der Waals surface area contributed by atoms with Gasteiger partial charge in [0.2, 0.25) is 0 Å². The van der Waals surface area contributed by atoms with Crippen molar-refractivity contribution in [3.63, 3.8) is 0 Å². The first kappa shape index (κ1) is 17.0. The molecule has 20 heavy (non-hydrogen) atoms. The Balaban J connectivity index is 2.19. The van der Waals surface area contributed by atoms with Crippen LogP contribution in [0.4, 0.5) is 0 Å². The lowest BCUT2D eigenvalue weighted by Gasteiger charge is -2.25. The Hall–Kier alpha value is -1.07. The average molecular weight is 296 g/mol. The molecule has 5 heteroatoms. The predicted octanol–water partition coefficient (Wildman–Crippen LogP) is 2.19. The summed E-state index contributed by atoms with van der Waals surface area (Å²) in [5, 5.41) is 8.84. The number of hydrogen-bond donors (Lipinski definition) is 2. The van der Waals surface area contributed by atoms with E-state index in [2.05, 4.69) is 58.8 Å². The third-order valence-corrected chi connectivity index (χ3v) is 4.23. The zero-order chi connectivity index (χ0) is 14.8. The van der Waals surface area contributed by atoms with Crippen LogP contribution in [0.1, 0.15) is 25.6 Å². The highest BCUT2D eigenvalue weighted by Crippen LogP contribution is 2.07. The summed E-state index contributed by atoms with van der Waals surface area (Å²) in [5.74, 6) is 0.890. The fraction of sp³-hybridized carbons (Fsp3) is 0.667. The van der Waals surface area contributed by atoms with E-state index in [1.807, 2.05) is 7.05 Å². The van der Waals surface area contributed by atoms with E-state index in [1.165, 1.54) is 4.88 Å². The van der Waals surface area contributed by atoms with Crippen molar-refractivity contribution in [3.05, 3.63) is 22.4 Å². The second-order valence-electron chi connectivity index (χ2n) is 4.98. The van der Waals surface area contributed by atoms with Gasteiger partial charge in [-0.05, 0) is 38.3 Å². The van der Waals surface area contributed by atoms with Gasteiger partial charge in [0.25, 0.3) is 0 Å². The van der Waals surface area contributed by atoms with Crippen molar-refractivity contribution in [2.75, 3.05) is 33.2 Å². The van der Waals surface area contributed by atoms with Crippen LogP contribution < -0.4 is 10.6 Å². The molecule has 0 unspecified atom stereocenters. The normalized spacial score (nSPS) is 12.2. The van der Waals surface area contributed by atoms with Gasteiger partial charge in [-0.1, -0.05) is 13.0 Å². The van der Waals surface area contributed by atoms with Crippen LogP contribution >= 0.6 is 11.3 Å². The molecule has 0 saturated carbocycles. The first-order valence-corrected chi connectivity index (χ1v) is 8.26. The molecule has 1 rings (SSSR count). The van der Waals surface area contributed by atoms with Crippen molar-refractivity contribution in [1.82, 2.24) is 15.5 Å². The van der Waals surface area contributed by atoms with E-state index in [9.17, 15) is 0 Å². The van der Waals surface area contributed by atoms with Crippen LogP contribution in [0.5, 0.6) is 0 Å². The molecular weight excluding hydrogens is 268 g/mol. The second-order valence-corrected chi connectivity index (χ2v) is 6.01. The molecule has 1 aromatic heterocycles. The summed E-state index contributed by atoms with van der Waals surface area (Å²) in [5.41, 5.74) is 0. The summed E-state index contributed by atoms with van der Waals surface area (Å²) in [6, 6.07) is 4.86. The summed E-state index contributed by atoms with van der Waals surface area (Å²) in [7, 11) is 1.82. The maximum absolute atomic E-state index is 4.25. The summed E-state index contributed by atoms with van der Waals surface area (Å²) >= 11 is 1.80. The Bertz CT molecular complexity index is 373. The first-order chi connectivity index (χ1) is 9.67. The van der Waals surface area contributed by atoms with Crippen LogP contribution in [0, 0.1) is 0 Å². The standard InChI is InChI=1S/C15H28N4S/c1-5-19(13(2)3)11-10-18-15(16-4)17-9-8-14-7-6-12-20-14/h6-7,12-13H,5,8-11H2,1-4H3,(H2,16,17,18). The Kier molecular flexibility index (Phi) is 8.30. The number of nitrogens with zero attached hydrogens (tertiary/aromatic N) is 2. The second kappa shape index (κ2) is 9.77. The summed E-state index contributed by atoms with van der Waals surface area (Å²) in [6.45, 7) is 10.6. The minimum Gasteiger partial charge on any atom is -0.356 e. The Morgan fingerprint density at radius 2 is 2.10 bits per heavy atom. The van der Waals surface area contributed by atoms with Gasteiger partial charge in [0, 0.05) is 37.6 Å². The highest BCUT2D eigenvalue weighted by Gasteiger charge is 2.06. The van der Waals surface area contributed by atoms with Gasteiger partial charge in [-0.15, -0.1) is 11.3 Å². The molecular formula is C15H28N4S. The molecule has 0 aliphatic heterocycles. The van der Waals surface area contributed by atoms with Gasteiger partial charge in [-0.25, -0.2) is 0 Å². The van der Waals surface area contributed by atoms with Gasteiger partial charge in [-0.3, -0.25) is 9.89 Å². The number of rotatable bonds is 8. The van der Waals surface area contributed by atoms with Crippen LogP contribution in [0.15, 0.2) is 22.5 Å². The Labute approximate surface area is 127 Å². The highest BCUT2D eigenvalue weighted by atomic mass is 32.1. The fourth-order valence-corrected chi connectivity index (χ4v) is 2.79. The molecule has 0 atom stereocenters. The van der Waals surface area contributed by atoms with Crippen LogP contribution in [-0.4, -0.2) is 50.1 Å². The summed E-state index contributed by atoms with van der Waals surface area (Å²) < 4.78 is 0. The van der Waals surface area contributed by atoms with Crippen molar-refractivity contribution in [2.45, 2.75) is 33.2 Å². The molecule has 0 fully saturated rings. The number of aliphatic imine (C=N–C) groups is 1. The lowest BCUT2D eigenvalue weighted by molar-refractivity contribution is 0.237. The third kappa shape index (κ3) is 6.39. The van der Waals surface area contributed by atoms with Gasteiger partial charge < -0.3 is 10.6 Å². The van der Waals surface area contributed by atoms with E-state index in [0.717, 1.165) is 38.6 Å². The minimum absolute atomic E-state index is 0.593. The number of guanidine groups is 1. The third-order valence-electron chi connectivity index (χ3n) is 3.30. The van der Waals surface area contributed by atoms with E-state index in [0.29, 0.717) is 6.04 Å². The van der Waals surface area contributed by atoms with E-state index in [1.54, 1.807) is 11.3 Å². The molecule has 0 spiro atoms. The zero-order valence-electron chi connectivity index (χ0n) is 13.1. The molecule has 0 radical (unpaired) electrons. The minimum atomic E-state index is 0.593. The van der Waals surface area contributed by atoms with Crippen LogP contribution in [-0.2, 0) is 6.42 Å². The number of likely N-dealkylation sites (N-methyl/N-ethyl adjacent to an activating group) is 1. The molecule has 0 saturated heterocycles. The maximum atomic E-state index is 4.25. The Morgan fingerprint density at radius 1 is 1.35 bits per heavy atom. The largest absolute Gasteiger partial charge is 0.356 e. The van der Waals surface area contributed by atoms with E-state index < -0.39 is 0 Å². The van der Waals surface area contributed by atoms with Crippen LogP contribution in [0.2, 0.25) is 0 Å². The molecule has 114 valence electrons. The zero-order valence-corrected chi connectivity index (χ0v) is 14.0.